The zero-order chi connectivity index (χ0) is 15.7. The van der Waals surface area contributed by atoms with Crippen molar-refractivity contribution >= 4 is 18.0 Å². The Hall–Kier alpha value is -2.10. The fraction of sp³-hybridized carbons (Fsp3) is 0.412. The van der Waals surface area contributed by atoms with E-state index in [0.717, 1.165) is 5.56 Å². The Morgan fingerprint density at radius 3 is 2.05 bits per heavy atom. The van der Waals surface area contributed by atoms with Crippen molar-refractivity contribution in [2.75, 3.05) is 13.2 Å². The van der Waals surface area contributed by atoms with Gasteiger partial charge < -0.3 is 9.47 Å². The molecule has 4 heteroatoms. The van der Waals surface area contributed by atoms with Crippen LogP contribution >= 0.6 is 0 Å². The molecule has 0 aliphatic carbocycles. The van der Waals surface area contributed by atoms with E-state index in [1.165, 1.54) is 0 Å². The molecular weight excluding hydrogens is 268 g/mol. The molecular formula is C17H22O4. The minimum Gasteiger partial charge on any atom is -0.465 e. The molecule has 21 heavy (non-hydrogen) atoms. The number of carbonyl (C=O) groups excluding carboxylic acids is 2. The van der Waals surface area contributed by atoms with Crippen LogP contribution in [-0.4, -0.2) is 25.2 Å². The topological polar surface area (TPSA) is 52.6 Å². The lowest BCUT2D eigenvalue weighted by atomic mass is 9.86. The minimum atomic E-state index is -1.31. The molecule has 0 saturated carbocycles. The Kier molecular flexibility index (Phi) is 6.66. The molecule has 0 bridgehead atoms. The van der Waals surface area contributed by atoms with Crippen molar-refractivity contribution in [2.24, 2.45) is 5.41 Å². The molecule has 0 aliphatic rings. The number of esters is 2. The fourth-order valence-electron chi connectivity index (χ4n) is 1.83. The van der Waals surface area contributed by atoms with E-state index in [4.69, 9.17) is 9.47 Å². The normalized spacial score (nSPS) is 11.4. The largest absolute Gasteiger partial charge is 0.465 e. The second-order valence-electron chi connectivity index (χ2n) is 4.79. The SMILES string of the molecule is CCOC(=O)C(C)(CC=Cc1ccccc1)C(=O)OCC. The van der Waals surface area contributed by atoms with Gasteiger partial charge in [0.15, 0.2) is 5.41 Å². The van der Waals surface area contributed by atoms with E-state index in [0.29, 0.717) is 0 Å². The Bertz CT molecular complexity index is 473. The van der Waals surface area contributed by atoms with Crippen LogP contribution in [0.5, 0.6) is 0 Å². The number of rotatable bonds is 7. The number of hydrogen-bond donors (Lipinski definition) is 0. The highest BCUT2D eigenvalue weighted by molar-refractivity contribution is 5.99. The van der Waals surface area contributed by atoms with Gasteiger partial charge in [0, 0.05) is 0 Å². The molecule has 0 N–H and O–H groups in total. The van der Waals surface area contributed by atoms with Crippen LogP contribution < -0.4 is 0 Å². The van der Waals surface area contributed by atoms with Gasteiger partial charge in [-0.2, -0.15) is 0 Å². The first-order valence-corrected chi connectivity index (χ1v) is 7.10. The van der Waals surface area contributed by atoms with Gasteiger partial charge in [-0.15, -0.1) is 0 Å². The molecule has 0 unspecified atom stereocenters. The summed E-state index contributed by atoms with van der Waals surface area (Å²) in [7, 11) is 0. The predicted molar refractivity (Wildman–Crippen MR) is 81.5 cm³/mol. The second-order valence-corrected chi connectivity index (χ2v) is 4.79. The van der Waals surface area contributed by atoms with E-state index in [9.17, 15) is 9.59 Å². The quantitative estimate of drug-likeness (QED) is 0.571. The summed E-state index contributed by atoms with van der Waals surface area (Å²) in [5, 5.41) is 0. The summed E-state index contributed by atoms with van der Waals surface area (Å²) in [6.45, 7) is 5.44. The van der Waals surface area contributed by atoms with E-state index in [2.05, 4.69) is 0 Å². The zero-order valence-electron chi connectivity index (χ0n) is 12.8. The Labute approximate surface area is 125 Å². The van der Waals surface area contributed by atoms with Crippen LogP contribution in [-0.2, 0) is 19.1 Å². The molecule has 0 aromatic heterocycles. The summed E-state index contributed by atoms with van der Waals surface area (Å²) in [4.78, 5) is 24.1. The highest BCUT2D eigenvalue weighted by Crippen LogP contribution is 2.26. The molecule has 114 valence electrons. The van der Waals surface area contributed by atoms with Gasteiger partial charge in [0.1, 0.15) is 0 Å². The van der Waals surface area contributed by atoms with Gasteiger partial charge in [0.05, 0.1) is 13.2 Å². The van der Waals surface area contributed by atoms with Crippen LogP contribution in [0, 0.1) is 5.41 Å². The van der Waals surface area contributed by atoms with Crippen LogP contribution in [0.1, 0.15) is 32.8 Å². The maximum Gasteiger partial charge on any atom is 0.323 e. The minimum absolute atomic E-state index is 0.232. The number of carbonyl (C=O) groups is 2. The van der Waals surface area contributed by atoms with Gasteiger partial charge in [-0.1, -0.05) is 42.5 Å². The van der Waals surface area contributed by atoms with E-state index in [-0.39, 0.29) is 19.6 Å². The third kappa shape index (κ3) is 4.74. The predicted octanol–water partition coefficient (Wildman–Crippen LogP) is 3.22. The number of hydrogen-bond acceptors (Lipinski definition) is 4. The average Bonchev–Trinajstić information content (AvgIpc) is 2.48. The third-order valence-electron chi connectivity index (χ3n) is 3.09. The second kappa shape index (κ2) is 8.25. The molecule has 1 aromatic carbocycles. The summed E-state index contributed by atoms with van der Waals surface area (Å²) in [6, 6.07) is 9.68. The first-order valence-electron chi connectivity index (χ1n) is 7.10. The smallest absolute Gasteiger partial charge is 0.323 e. The lowest BCUT2D eigenvalue weighted by molar-refractivity contribution is -0.170. The summed E-state index contributed by atoms with van der Waals surface area (Å²) < 4.78 is 10.0. The average molecular weight is 290 g/mol. The summed E-state index contributed by atoms with van der Waals surface area (Å²) in [5.41, 5.74) is -0.301. The number of allylic oxidation sites excluding steroid dienone is 1. The molecule has 0 fully saturated rings. The van der Waals surface area contributed by atoms with Crippen LogP contribution in [0.4, 0.5) is 0 Å². The molecule has 1 rings (SSSR count). The van der Waals surface area contributed by atoms with E-state index >= 15 is 0 Å². The van der Waals surface area contributed by atoms with Gasteiger partial charge in [-0.25, -0.2) is 0 Å². The van der Waals surface area contributed by atoms with Gasteiger partial charge >= 0.3 is 11.9 Å². The molecule has 0 heterocycles. The van der Waals surface area contributed by atoms with Crippen LogP contribution in [0.3, 0.4) is 0 Å². The number of benzene rings is 1. The monoisotopic (exact) mass is 290 g/mol. The van der Waals surface area contributed by atoms with Gasteiger partial charge in [-0.3, -0.25) is 9.59 Å². The first-order chi connectivity index (χ1) is 10.0. The standard InChI is InChI=1S/C17H22O4/c1-4-20-15(18)17(3,16(19)21-5-2)13-9-12-14-10-7-6-8-11-14/h6-12H,4-5,13H2,1-3H3. The van der Waals surface area contributed by atoms with Crippen LogP contribution in [0.15, 0.2) is 36.4 Å². The maximum atomic E-state index is 12.1. The Morgan fingerprint density at radius 2 is 1.57 bits per heavy atom. The molecule has 0 aliphatic heterocycles. The molecule has 1 aromatic rings. The van der Waals surface area contributed by atoms with Crippen molar-refractivity contribution < 1.29 is 19.1 Å². The summed E-state index contributed by atoms with van der Waals surface area (Å²) >= 11 is 0. The molecule has 0 radical (unpaired) electrons. The van der Waals surface area contributed by atoms with Crippen molar-refractivity contribution in [1.29, 1.82) is 0 Å². The molecule has 0 saturated heterocycles. The lowest BCUT2D eigenvalue weighted by Gasteiger charge is -2.23. The van der Waals surface area contributed by atoms with E-state index in [1.807, 2.05) is 36.4 Å². The highest BCUT2D eigenvalue weighted by atomic mass is 16.6. The molecule has 0 amide bonds. The number of ether oxygens (including phenoxy) is 2. The van der Waals surface area contributed by atoms with Crippen molar-refractivity contribution in [3.63, 3.8) is 0 Å². The maximum absolute atomic E-state index is 12.1. The third-order valence-corrected chi connectivity index (χ3v) is 3.09. The van der Waals surface area contributed by atoms with Crippen molar-refractivity contribution in [3.05, 3.63) is 42.0 Å². The zero-order valence-corrected chi connectivity index (χ0v) is 12.8. The molecule has 0 atom stereocenters. The first kappa shape index (κ1) is 17.0. The summed E-state index contributed by atoms with van der Waals surface area (Å²) in [6.07, 6.45) is 3.90. The fourth-order valence-corrected chi connectivity index (χ4v) is 1.83. The van der Waals surface area contributed by atoms with Gasteiger partial charge in [-0.05, 0) is 32.8 Å². The highest BCUT2D eigenvalue weighted by Gasteiger charge is 2.43. The van der Waals surface area contributed by atoms with Crippen molar-refractivity contribution in [3.8, 4) is 0 Å². The van der Waals surface area contributed by atoms with Crippen molar-refractivity contribution in [1.82, 2.24) is 0 Å². The summed E-state index contributed by atoms with van der Waals surface area (Å²) in [5.74, 6) is -1.11. The Morgan fingerprint density at radius 1 is 1.05 bits per heavy atom. The lowest BCUT2D eigenvalue weighted by Crippen LogP contribution is -2.39. The van der Waals surface area contributed by atoms with E-state index < -0.39 is 17.4 Å². The van der Waals surface area contributed by atoms with Crippen molar-refractivity contribution in [2.45, 2.75) is 27.2 Å². The van der Waals surface area contributed by atoms with Crippen LogP contribution in [0.25, 0.3) is 6.08 Å². The van der Waals surface area contributed by atoms with Gasteiger partial charge in [0.25, 0.3) is 0 Å². The van der Waals surface area contributed by atoms with Gasteiger partial charge in [0.2, 0.25) is 0 Å². The molecule has 0 spiro atoms. The Balaban J connectivity index is 2.84. The van der Waals surface area contributed by atoms with E-state index in [1.54, 1.807) is 26.8 Å². The van der Waals surface area contributed by atoms with Crippen LogP contribution in [0.2, 0.25) is 0 Å². The molecule has 4 nitrogen and oxygen atoms in total.